The summed E-state index contributed by atoms with van der Waals surface area (Å²) in [6, 6.07) is 3.20. The Labute approximate surface area is 224 Å². The molecule has 5 rings (SSSR count). The summed E-state index contributed by atoms with van der Waals surface area (Å²) in [5.41, 5.74) is -1.85. The molecule has 1 spiro atoms. The summed E-state index contributed by atoms with van der Waals surface area (Å²) in [7, 11) is 0. The van der Waals surface area contributed by atoms with Crippen LogP contribution in [-0.2, 0) is 21.4 Å². The summed E-state index contributed by atoms with van der Waals surface area (Å²) in [6.45, 7) is 11.8. The number of ether oxygens (including phenoxy) is 1. The standard InChI is InChI=1S/C29H41N3O6/c1-15(2)30-26(36)27(4,5)31-25(35)16(3)22(34)24-29-11-12-32(14-17-7-8-17)20(28(29,6)37)13-18-9-10-19(33)23(38-24)21(18)29/h9-10,15,17,20,24,33-34,37H,7-8,11-14H2,1-6H3,(H,30,36)(H,31,35)/b22-16-/t20-,24+,28-,29+/m1/s1. The summed E-state index contributed by atoms with van der Waals surface area (Å²) in [5.74, 6) is -0.389. The maximum absolute atomic E-state index is 13.3. The lowest BCUT2D eigenvalue weighted by atomic mass is 9.53. The SMILES string of the molecule is C/C(C(=O)NC(C)(C)C(=O)NC(C)C)=C(/O)[C@@H]1Oc2c(O)ccc3c2[C@@]12CCN(CC1CC1)[C@H](C3)[C@@]2(C)O. The maximum Gasteiger partial charge on any atom is 0.251 e. The predicted octanol–water partition coefficient (Wildman–Crippen LogP) is 2.43. The topological polar surface area (TPSA) is 131 Å². The third-order valence-electron chi connectivity index (χ3n) is 9.13. The minimum Gasteiger partial charge on any atom is -0.508 e. The number of piperidine rings is 1. The molecule has 2 fully saturated rings. The van der Waals surface area contributed by atoms with Gasteiger partial charge in [0.1, 0.15) is 11.3 Å². The lowest BCUT2D eigenvalue weighted by molar-refractivity contribution is -0.153. The first kappa shape index (κ1) is 26.8. The number of likely N-dealkylation sites (tertiary alicyclic amines) is 1. The Balaban J connectivity index is 1.53. The molecular formula is C29H41N3O6. The number of nitrogens with zero attached hydrogens (tertiary/aromatic N) is 1. The van der Waals surface area contributed by atoms with Crippen LogP contribution in [0, 0.1) is 5.92 Å². The molecule has 208 valence electrons. The van der Waals surface area contributed by atoms with Crippen LogP contribution in [0.15, 0.2) is 23.5 Å². The summed E-state index contributed by atoms with van der Waals surface area (Å²) in [5, 5.41) is 40.1. The van der Waals surface area contributed by atoms with E-state index in [9.17, 15) is 24.9 Å². The molecule has 4 aliphatic rings. The Morgan fingerprint density at radius 2 is 1.95 bits per heavy atom. The van der Waals surface area contributed by atoms with Gasteiger partial charge in [-0.2, -0.15) is 0 Å². The molecule has 9 nitrogen and oxygen atoms in total. The number of carbonyl (C=O) groups is 2. The third kappa shape index (κ3) is 3.97. The summed E-state index contributed by atoms with van der Waals surface area (Å²) in [6.07, 6.45) is 2.46. The van der Waals surface area contributed by atoms with Gasteiger partial charge in [-0.05, 0) is 91.3 Å². The van der Waals surface area contributed by atoms with Crippen molar-refractivity contribution in [2.75, 3.05) is 13.1 Å². The van der Waals surface area contributed by atoms with Crippen LogP contribution in [0.25, 0.3) is 0 Å². The zero-order valence-electron chi connectivity index (χ0n) is 23.2. The second-order valence-corrected chi connectivity index (χ2v) is 12.7. The van der Waals surface area contributed by atoms with Gasteiger partial charge in [0.25, 0.3) is 5.91 Å². The van der Waals surface area contributed by atoms with Crippen molar-refractivity contribution < 1.29 is 29.6 Å². The van der Waals surface area contributed by atoms with Crippen molar-refractivity contribution >= 4 is 11.8 Å². The number of amides is 2. The van der Waals surface area contributed by atoms with Gasteiger partial charge in [0.05, 0.1) is 16.6 Å². The quantitative estimate of drug-likeness (QED) is 0.272. The molecule has 2 aliphatic carbocycles. The first-order chi connectivity index (χ1) is 17.7. The van der Waals surface area contributed by atoms with Crippen molar-refractivity contribution in [3.63, 3.8) is 0 Å². The molecule has 2 heterocycles. The van der Waals surface area contributed by atoms with Crippen molar-refractivity contribution in [1.82, 2.24) is 15.5 Å². The van der Waals surface area contributed by atoms with Crippen LogP contribution in [0.2, 0.25) is 0 Å². The van der Waals surface area contributed by atoms with Gasteiger partial charge in [0, 0.05) is 24.2 Å². The second kappa shape index (κ2) is 8.88. The number of aliphatic hydroxyl groups is 2. The van der Waals surface area contributed by atoms with E-state index in [1.807, 2.05) is 19.9 Å². The van der Waals surface area contributed by atoms with Crippen molar-refractivity contribution in [1.29, 1.82) is 0 Å². The molecule has 0 radical (unpaired) electrons. The summed E-state index contributed by atoms with van der Waals surface area (Å²) in [4.78, 5) is 28.3. The van der Waals surface area contributed by atoms with Crippen LogP contribution < -0.4 is 15.4 Å². The molecular weight excluding hydrogens is 486 g/mol. The Hall–Kier alpha value is -2.78. The minimum atomic E-state index is -1.29. The van der Waals surface area contributed by atoms with E-state index >= 15 is 0 Å². The normalized spacial score (nSPS) is 30.8. The van der Waals surface area contributed by atoms with E-state index in [1.54, 1.807) is 26.8 Å². The minimum absolute atomic E-state index is 0.00183. The molecule has 1 saturated carbocycles. The number of fused-ring (bicyclic) bond motifs is 1. The van der Waals surface area contributed by atoms with E-state index in [2.05, 4.69) is 15.5 Å². The van der Waals surface area contributed by atoms with Gasteiger partial charge in [-0.25, -0.2) is 0 Å². The van der Waals surface area contributed by atoms with E-state index in [1.165, 1.54) is 19.8 Å². The van der Waals surface area contributed by atoms with Gasteiger partial charge >= 0.3 is 0 Å². The highest BCUT2D eigenvalue weighted by molar-refractivity contribution is 5.98. The van der Waals surface area contributed by atoms with E-state index in [4.69, 9.17) is 4.74 Å². The number of hydrogen-bond acceptors (Lipinski definition) is 7. The molecule has 4 atom stereocenters. The zero-order chi connectivity index (χ0) is 27.8. The van der Waals surface area contributed by atoms with Gasteiger partial charge in [0.2, 0.25) is 5.91 Å². The van der Waals surface area contributed by atoms with E-state index in [0.717, 1.165) is 17.7 Å². The van der Waals surface area contributed by atoms with E-state index < -0.39 is 28.6 Å². The van der Waals surface area contributed by atoms with E-state index in [0.29, 0.717) is 25.3 Å². The third-order valence-corrected chi connectivity index (χ3v) is 9.13. The molecule has 2 aliphatic heterocycles. The molecule has 38 heavy (non-hydrogen) atoms. The van der Waals surface area contributed by atoms with Crippen LogP contribution in [0.1, 0.15) is 71.9 Å². The van der Waals surface area contributed by atoms with Crippen LogP contribution in [-0.4, -0.2) is 74.5 Å². The fourth-order valence-corrected chi connectivity index (χ4v) is 6.76. The second-order valence-electron chi connectivity index (χ2n) is 12.7. The van der Waals surface area contributed by atoms with Crippen LogP contribution in [0.5, 0.6) is 11.5 Å². The Morgan fingerprint density at radius 3 is 2.58 bits per heavy atom. The summed E-state index contributed by atoms with van der Waals surface area (Å²) >= 11 is 0. The molecule has 2 amide bonds. The highest BCUT2D eigenvalue weighted by Gasteiger charge is 2.69. The number of aromatic hydroxyl groups is 1. The molecule has 1 aromatic carbocycles. The number of benzene rings is 1. The number of rotatable bonds is 7. The Morgan fingerprint density at radius 1 is 1.26 bits per heavy atom. The predicted molar refractivity (Wildman–Crippen MR) is 142 cm³/mol. The van der Waals surface area contributed by atoms with E-state index in [-0.39, 0.29) is 40.8 Å². The number of carbonyl (C=O) groups excluding carboxylic acids is 2. The first-order valence-corrected chi connectivity index (χ1v) is 13.7. The largest absolute Gasteiger partial charge is 0.508 e. The van der Waals surface area contributed by atoms with Gasteiger partial charge in [-0.1, -0.05) is 6.07 Å². The number of nitrogens with one attached hydrogen (secondary N) is 2. The zero-order valence-corrected chi connectivity index (χ0v) is 23.2. The molecule has 2 bridgehead atoms. The van der Waals surface area contributed by atoms with Gasteiger partial charge in [-0.3, -0.25) is 14.5 Å². The number of hydrogen-bond donors (Lipinski definition) is 5. The van der Waals surface area contributed by atoms with Crippen molar-refractivity contribution in [2.24, 2.45) is 5.92 Å². The van der Waals surface area contributed by atoms with Crippen molar-refractivity contribution in [3.8, 4) is 11.5 Å². The molecule has 1 saturated heterocycles. The molecule has 1 aromatic rings. The lowest BCUT2D eigenvalue weighted by Crippen LogP contribution is -2.73. The van der Waals surface area contributed by atoms with Crippen molar-refractivity contribution in [3.05, 3.63) is 34.6 Å². The molecule has 0 unspecified atom stereocenters. The van der Waals surface area contributed by atoms with Crippen molar-refractivity contribution in [2.45, 2.75) is 102 Å². The number of phenolic OH excluding ortho intramolecular Hbond substituents is 1. The van der Waals surface area contributed by atoms with Gasteiger partial charge < -0.3 is 30.7 Å². The highest BCUT2D eigenvalue weighted by atomic mass is 16.5. The van der Waals surface area contributed by atoms with Crippen LogP contribution >= 0.6 is 0 Å². The number of aliphatic hydroxyl groups excluding tert-OH is 1. The fraction of sp³-hybridized carbons (Fsp3) is 0.655. The van der Waals surface area contributed by atoms with Gasteiger partial charge in [-0.15, -0.1) is 0 Å². The fourth-order valence-electron chi connectivity index (χ4n) is 6.76. The van der Waals surface area contributed by atoms with Gasteiger partial charge in [0.15, 0.2) is 17.6 Å². The van der Waals surface area contributed by atoms with Crippen LogP contribution in [0.4, 0.5) is 0 Å². The monoisotopic (exact) mass is 527 g/mol. The average Bonchev–Trinajstić information content (AvgIpc) is 3.56. The average molecular weight is 528 g/mol. The molecule has 5 N–H and O–H groups in total. The smallest absolute Gasteiger partial charge is 0.251 e. The maximum atomic E-state index is 13.3. The Kier molecular flexibility index (Phi) is 6.26. The van der Waals surface area contributed by atoms with Crippen LogP contribution in [0.3, 0.4) is 0 Å². The lowest BCUT2D eigenvalue weighted by Gasteiger charge is -2.59. The highest BCUT2D eigenvalue weighted by Crippen LogP contribution is 2.63. The molecule has 0 aromatic heterocycles. The first-order valence-electron chi connectivity index (χ1n) is 13.7. The molecule has 9 heteroatoms. The summed E-state index contributed by atoms with van der Waals surface area (Å²) < 4.78 is 6.27. The Bertz CT molecular complexity index is 1200. The number of phenols is 1.